The summed E-state index contributed by atoms with van der Waals surface area (Å²) in [7, 11) is 2.01. The van der Waals surface area contributed by atoms with Crippen LogP contribution in [0.2, 0.25) is 5.02 Å². The highest BCUT2D eigenvalue weighted by molar-refractivity contribution is 6.31. The van der Waals surface area contributed by atoms with Gasteiger partial charge in [0.25, 0.3) is 0 Å². The number of anilines is 3. The van der Waals surface area contributed by atoms with Crippen LogP contribution in [0, 0.1) is 5.82 Å². The van der Waals surface area contributed by atoms with Gasteiger partial charge in [-0.15, -0.1) is 0 Å². The van der Waals surface area contributed by atoms with Gasteiger partial charge in [0.15, 0.2) is 0 Å². The van der Waals surface area contributed by atoms with Crippen LogP contribution in [0.15, 0.2) is 36.7 Å². The fourth-order valence-electron chi connectivity index (χ4n) is 4.09. The van der Waals surface area contributed by atoms with E-state index in [1.54, 1.807) is 12.1 Å². The number of halogens is 2. The normalized spacial score (nSPS) is 17.2. The van der Waals surface area contributed by atoms with Gasteiger partial charge < -0.3 is 24.0 Å². The third-order valence-corrected chi connectivity index (χ3v) is 6.18. The molecule has 0 spiro atoms. The average molecular weight is 458 g/mol. The fourth-order valence-corrected chi connectivity index (χ4v) is 4.27. The molecular weight excluding hydrogens is 433 g/mol. The van der Waals surface area contributed by atoms with Crippen molar-refractivity contribution in [3.8, 4) is 11.3 Å². The van der Waals surface area contributed by atoms with E-state index in [0.717, 1.165) is 62.3 Å². The fraction of sp³-hybridized carbons (Fsp3) is 0.409. The maximum atomic E-state index is 13.7. The van der Waals surface area contributed by atoms with Crippen LogP contribution in [0.3, 0.4) is 0 Å². The number of ether oxygens (including phenoxy) is 1. The molecule has 2 aliphatic rings. The Bertz CT molecular complexity index is 1090. The summed E-state index contributed by atoms with van der Waals surface area (Å²) in [5.41, 5.74) is 1.49. The summed E-state index contributed by atoms with van der Waals surface area (Å²) in [4.78, 5) is 20.8. The molecule has 10 heteroatoms. The molecule has 0 amide bonds. The summed E-state index contributed by atoms with van der Waals surface area (Å²) in [5.74, 6) is 2.05. The van der Waals surface area contributed by atoms with Crippen LogP contribution < -0.4 is 14.7 Å². The van der Waals surface area contributed by atoms with E-state index in [2.05, 4.69) is 19.7 Å². The molecule has 0 saturated carbocycles. The van der Waals surface area contributed by atoms with E-state index in [4.69, 9.17) is 26.3 Å². The lowest BCUT2D eigenvalue weighted by Crippen LogP contribution is -2.47. The second kappa shape index (κ2) is 8.91. The minimum atomic E-state index is -0.441. The molecule has 1 aromatic carbocycles. The van der Waals surface area contributed by atoms with Crippen LogP contribution in [0.5, 0.6) is 0 Å². The number of hydrogen-bond donors (Lipinski definition) is 0. The van der Waals surface area contributed by atoms with Crippen molar-refractivity contribution in [1.29, 1.82) is 0 Å². The lowest BCUT2D eigenvalue weighted by atomic mass is 10.1. The summed E-state index contributed by atoms with van der Waals surface area (Å²) in [6.45, 7) is 6.09. The van der Waals surface area contributed by atoms with Crippen LogP contribution in [0.25, 0.3) is 11.3 Å². The number of benzene rings is 1. The van der Waals surface area contributed by atoms with Gasteiger partial charge in [0.05, 0.1) is 23.9 Å². The number of hydrogen-bond acceptors (Lipinski definition) is 7. The molecule has 2 aromatic heterocycles. The van der Waals surface area contributed by atoms with Crippen molar-refractivity contribution in [1.82, 2.24) is 19.5 Å². The molecule has 5 rings (SSSR count). The first-order valence-corrected chi connectivity index (χ1v) is 11.1. The van der Waals surface area contributed by atoms with Crippen molar-refractivity contribution in [2.45, 2.75) is 0 Å². The van der Waals surface area contributed by atoms with E-state index in [9.17, 15) is 4.39 Å². The van der Waals surface area contributed by atoms with Gasteiger partial charge in [0.2, 0.25) is 11.9 Å². The monoisotopic (exact) mass is 457 g/mol. The molecule has 2 saturated heterocycles. The maximum Gasteiger partial charge on any atom is 0.228 e. The Morgan fingerprint density at radius 3 is 2.38 bits per heavy atom. The Morgan fingerprint density at radius 1 is 0.938 bits per heavy atom. The smallest absolute Gasteiger partial charge is 0.228 e. The third-order valence-electron chi connectivity index (χ3n) is 5.89. The van der Waals surface area contributed by atoms with Crippen LogP contribution >= 0.6 is 11.6 Å². The highest BCUT2D eigenvalue weighted by Gasteiger charge is 2.23. The van der Waals surface area contributed by atoms with Crippen molar-refractivity contribution in [2.75, 3.05) is 67.2 Å². The van der Waals surface area contributed by atoms with Gasteiger partial charge in [-0.3, -0.25) is 0 Å². The molecule has 2 aliphatic heterocycles. The van der Waals surface area contributed by atoms with Gasteiger partial charge in [0.1, 0.15) is 11.6 Å². The van der Waals surface area contributed by atoms with Gasteiger partial charge in [0, 0.05) is 70.3 Å². The van der Waals surface area contributed by atoms with Gasteiger partial charge in [-0.1, -0.05) is 11.6 Å². The number of aromatic nitrogens is 4. The number of morpholine rings is 1. The highest BCUT2D eigenvalue weighted by atomic mass is 35.5. The maximum absolute atomic E-state index is 13.7. The lowest BCUT2D eigenvalue weighted by molar-refractivity contribution is 0.122. The number of imidazole rings is 1. The van der Waals surface area contributed by atoms with Crippen molar-refractivity contribution < 1.29 is 9.13 Å². The van der Waals surface area contributed by atoms with Crippen LogP contribution in [0.4, 0.5) is 22.1 Å². The van der Waals surface area contributed by atoms with Gasteiger partial charge >= 0.3 is 0 Å². The van der Waals surface area contributed by atoms with E-state index >= 15 is 0 Å². The molecular formula is C22H25ClFN7O. The molecule has 168 valence electrons. The number of rotatable bonds is 4. The van der Waals surface area contributed by atoms with Crippen LogP contribution in [-0.4, -0.2) is 72.0 Å². The van der Waals surface area contributed by atoms with E-state index in [1.165, 1.54) is 6.07 Å². The molecule has 0 bridgehead atoms. The van der Waals surface area contributed by atoms with Crippen LogP contribution in [0.1, 0.15) is 0 Å². The molecule has 32 heavy (non-hydrogen) atoms. The van der Waals surface area contributed by atoms with Gasteiger partial charge in [-0.2, -0.15) is 4.98 Å². The summed E-state index contributed by atoms with van der Waals surface area (Å²) < 4.78 is 21.3. The van der Waals surface area contributed by atoms with Crippen LogP contribution in [-0.2, 0) is 11.8 Å². The lowest BCUT2D eigenvalue weighted by Gasteiger charge is -2.36. The summed E-state index contributed by atoms with van der Waals surface area (Å²) in [6.07, 6.45) is 3.78. The summed E-state index contributed by atoms with van der Waals surface area (Å²) in [5, 5.41) is 0.0827. The van der Waals surface area contributed by atoms with E-state index < -0.39 is 5.82 Å². The Morgan fingerprint density at radius 2 is 1.69 bits per heavy atom. The number of piperazine rings is 1. The largest absolute Gasteiger partial charge is 0.378 e. The quantitative estimate of drug-likeness (QED) is 0.597. The molecule has 4 heterocycles. The van der Waals surface area contributed by atoms with E-state index in [1.807, 2.05) is 30.1 Å². The molecule has 3 aromatic rings. The predicted octanol–water partition coefficient (Wildman–Crippen LogP) is 2.83. The van der Waals surface area contributed by atoms with E-state index in [-0.39, 0.29) is 5.02 Å². The first-order valence-electron chi connectivity index (χ1n) is 10.7. The topological polar surface area (TPSA) is 62.6 Å². The standard InChI is InChI=1S/C22H25ClFN7O/c1-28-5-4-25-22(28)31-8-6-29(7-9-31)20-15-19(16-2-3-18(24)17(23)14-16)26-21(27-20)30-10-12-32-13-11-30/h2-5,14-15H,6-13H2,1H3. The molecule has 2 fully saturated rings. The van der Waals surface area contributed by atoms with Gasteiger partial charge in [-0.25, -0.2) is 14.4 Å². The van der Waals surface area contributed by atoms with Crippen molar-refractivity contribution >= 4 is 29.3 Å². The molecule has 0 aliphatic carbocycles. The average Bonchev–Trinajstić information content (AvgIpc) is 3.27. The van der Waals surface area contributed by atoms with Crippen molar-refractivity contribution in [2.24, 2.45) is 7.05 Å². The zero-order valence-corrected chi connectivity index (χ0v) is 18.7. The van der Waals surface area contributed by atoms with Gasteiger partial charge in [-0.05, 0) is 18.2 Å². The molecule has 0 unspecified atom stereocenters. The Hall–Kier alpha value is -2.91. The van der Waals surface area contributed by atoms with Crippen molar-refractivity contribution in [3.05, 3.63) is 47.5 Å². The van der Waals surface area contributed by atoms with Crippen molar-refractivity contribution in [3.63, 3.8) is 0 Å². The molecule has 8 nitrogen and oxygen atoms in total. The highest BCUT2D eigenvalue weighted by Crippen LogP contribution is 2.29. The predicted molar refractivity (Wildman–Crippen MR) is 123 cm³/mol. The minimum absolute atomic E-state index is 0.0827. The first kappa shape index (κ1) is 21.0. The zero-order chi connectivity index (χ0) is 22.1. The first-order chi connectivity index (χ1) is 15.6. The summed E-state index contributed by atoms with van der Waals surface area (Å²) in [6, 6.07) is 6.66. The minimum Gasteiger partial charge on any atom is -0.378 e. The molecule has 0 radical (unpaired) electrons. The number of nitrogens with zero attached hydrogens (tertiary/aromatic N) is 7. The summed E-state index contributed by atoms with van der Waals surface area (Å²) >= 11 is 6.05. The number of aryl methyl sites for hydroxylation is 1. The zero-order valence-electron chi connectivity index (χ0n) is 17.9. The van der Waals surface area contributed by atoms with E-state index in [0.29, 0.717) is 19.2 Å². The third kappa shape index (κ3) is 4.22. The second-order valence-electron chi connectivity index (χ2n) is 7.95. The Balaban J connectivity index is 1.44. The Kier molecular flexibility index (Phi) is 5.84. The molecule has 0 atom stereocenters. The molecule has 0 N–H and O–H groups in total. The SMILES string of the molecule is Cn1ccnc1N1CCN(c2cc(-c3ccc(F)c(Cl)c3)nc(N3CCOCC3)n2)CC1. The Labute approximate surface area is 191 Å². The second-order valence-corrected chi connectivity index (χ2v) is 8.36.